The third kappa shape index (κ3) is 6.31. The van der Waals surface area contributed by atoms with Gasteiger partial charge in [0.1, 0.15) is 11.6 Å². The van der Waals surface area contributed by atoms with Crippen LogP contribution >= 0.6 is 0 Å². The van der Waals surface area contributed by atoms with E-state index in [1.54, 1.807) is 0 Å². The molecular formula is C34H44N6O4. The van der Waals surface area contributed by atoms with Crippen LogP contribution in [0, 0.1) is 12.3 Å². The predicted molar refractivity (Wildman–Crippen MR) is 169 cm³/mol. The molecule has 6 heterocycles. The molecule has 10 nitrogen and oxygen atoms in total. The number of benzene rings is 1. The van der Waals surface area contributed by atoms with E-state index in [0.29, 0.717) is 30.1 Å². The van der Waals surface area contributed by atoms with Crippen LogP contribution in [0.3, 0.4) is 0 Å². The normalized spacial score (nSPS) is 18.2. The lowest BCUT2D eigenvalue weighted by Crippen LogP contribution is -2.41. The Kier molecular flexibility index (Phi) is 8.13. The summed E-state index contributed by atoms with van der Waals surface area (Å²) < 4.78 is 16.1. The molecule has 1 aromatic carbocycles. The number of aliphatic carboxylic acids is 1. The number of aryl methyl sites for hydroxylation is 1. The molecule has 4 aromatic rings. The standard InChI is InChI=1S/C34H44N6O4/c1-23-29(30(32(41)42)44-33(2,3)4)31-38-16-14-34(5,15-17-38)13-9-6-10-18-43-27-12-8-7-11-24(27)21-39-22-25(20-35-39)26-19-28(36-23)40(31)37-26/h7-8,11-12,19-20,22,30H,6,9-10,13-18,21H2,1-5H3,(H,41,42). The second-order valence-corrected chi connectivity index (χ2v) is 13.7. The molecule has 0 aliphatic carbocycles. The molecule has 0 saturated carbocycles. The number of fused-ring (bicyclic) bond motifs is 7. The van der Waals surface area contributed by atoms with Crippen molar-refractivity contribution < 1.29 is 19.4 Å². The van der Waals surface area contributed by atoms with Gasteiger partial charge in [-0.3, -0.25) is 4.68 Å². The topological polar surface area (TPSA) is 107 Å². The van der Waals surface area contributed by atoms with Crippen molar-refractivity contribution in [2.75, 3.05) is 24.6 Å². The fourth-order valence-electron chi connectivity index (χ4n) is 6.51. The number of hydrogen-bond donors (Lipinski definition) is 1. The van der Waals surface area contributed by atoms with Gasteiger partial charge < -0.3 is 19.5 Å². The van der Waals surface area contributed by atoms with Crippen molar-refractivity contribution in [1.82, 2.24) is 24.4 Å². The molecule has 3 aliphatic rings. The summed E-state index contributed by atoms with van der Waals surface area (Å²) in [7, 11) is 0. The molecule has 44 heavy (non-hydrogen) atoms. The minimum atomic E-state index is -1.18. The van der Waals surface area contributed by atoms with Crippen molar-refractivity contribution in [3.8, 4) is 17.0 Å². The van der Waals surface area contributed by atoms with Crippen molar-refractivity contribution in [1.29, 1.82) is 0 Å². The lowest BCUT2D eigenvalue weighted by atomic mass is 9.76. The van der Waals surface area contributed by atoms with Crippen LogP contribution in [0.1, 0.15) is 89.1 Å². The predicted octanol–water partition coefficient (Wildman–Crippen LogP) is 6.45. The first-order valence-electron chi connectivity index (χ1n) is 15.8. The largest absolute Gasteiger partial charge is 0.493 e. The van der Waals surface area contributed by atoms with Crippen LogP contribution in [0.2, 0.25) is 0 Å². The van der Waals surface area contributed by atoms with E-state index in [4.69, 9.17) is 19.6 Å². The van der Waals surface area contributed by atoms with Crippen molar-refractivity contribution in [3.63, 3.8) is 0 Å². The van der Waals surface area contributed by atoms with Crippen molar-refractivity contribution >= 4 is 17.4 Å². The molecule has 1 saturated heterocycles. The Hall–Kier alpha value is -3.92. The number of nitrogens with zero attached hydrogens (tertiary/aromatic N) is 6. The lowest BCUT2D eigenvalue weighted by Gasteiger charge is -2.41. The second kappa shape index (κ2) is 11.9. The van der Waals surface area contributed by atoms with Crippen LogP contribution in [-0.4, -0.2) is 60.8 Å². The molecule has 1 N–H and O–H groups in total. The third-order valence-electron chi connectivity index (χ3n) is 8.95. The highest BCUT2D eigenvalue weighted by atomic mass is 16.5. The molecule has 6 bridgehead atoms. The minimum absolute atomic E-state index is 0.226. The maximum Gasteiger partial charge on any atom is 0.337 e. The Labute approximate surface area is 259 Å². The molecule has 0 amide bonds. The van der Waals surface area contributed by atoms with E-state index in [9.17, 15) is 9.90 Å². The highest BCUT2D eigenvalue weighted by Crippen LogP contribution is 2.41. The number of carbonyl (C=O) groups is 1. The maximum absolute atomic E-state index is 12.7. The van der Waals surface area contributed by atoms with Gasteiger partial charge in [-0.15, -0.1) is 0 Å². The number of rotatable bonds is 3. The zero-order valence-electron chi connectivity index (χ0n) is 26.5. The Morgan fingerprint density at radius 3 is 2.64 bits per heavy atom. The Balaban J connectivity index is 1.47. The van der Waals surface area contributed by atoms with Crippen LogP contribution in [-0.2, 0) is 16.1 Å². The Bertz CT molecular complexity index is 1640. The lowest BCUT2D eigenvalue weighted by molar-refractivity contribution is -0.160. The molecule has 1 fully saturated rings. The highest BCUT2D eigenvalue weighted by molar-refractivity contribution is 5.79. The molecule has 10 heteroatoms. The molecule has 3 aliphatic heterocycles. The summed E-state index contributed by atoms with van der Waals surface area (Å²) in [6.07, 6.45) is 9.10. The maximum atomic E-state index is 12.7. The molecule has 1 unspecified atom stereocenters. The Morgan fingerprint density at radius 2 is 1.89 bits per heavy atom. The number of carboxylic acids is 1. The first kappa shape index (κ1) is 30.1. The molecule has 0 radical (unpaired) electrons. The fourth-order valence-corrected chi connectivity index (χ4v) is 6.51. The molecule has 0 spiro atoms. The number of aromatic nitrogens is 5. The molecule has 7 rings (SSSR count). The summed E-state index contributed by atoms with van der Waals surface area (Å²) >= 11 is 0. The molecule has 3 aromatic heterocycles. The summed E-state index contributed by atoms with van der Waals surface area (Å²) in [6.45, 7) is 12.8. The summed E-state index contributed by atoms with van der Waals surface area (Å²) in [5.41, 5.74) is 4.09. The van der Waals surface area contributed by atoms with Crippen LogP contribution in [0.4, 0.5) is 5.82 Å². The first-order valence-corrected chi connectivity index (χ1v) is 15.8. The van der Waals surface area contributed by atoms with Crippen molar-refractivity contribution in [2.45, 2.75) is 91.4 Å². The van der Waals surface area contributed by atoms with E-state index in [0.717, 1.165) is 80.0 Å². The van der Waals surface area contributed by atoms with Crippen LogP contribution in [0.15, 0.2) is 42.7 Å². The second-order valence-electron chi connectivity index (χ2n) is 13.7. The van der Waals surface area contributed by atoms with Gasteiger partial charge in [0.15, 0.2) is 11.8 Å². The van der Waals surface area contributed by atoms with E-state index in [-0.39, 0.29) is 5.41 Å². The average molecular weight is 601 g/mol. The van der Waals surface area contributed by atoms with Crippen molar-refractivity contribution in [3.05, 3.63) is 59.5 Å². The van der Waals surface area contributed by atoms with E-state index in [2.05, 4.69) is 23.0 Å². The molecule has 1 atom stereocenters. The monoisotopic (exact) mass is 600 g/mol. The zero-order chi connectivity index (χ0) is 31.1. The van der Waals surface area contributed by atoms with Gasteiger partial charge >= 0.3 is 5.97 Å². The highest BCUT2D eigenvalue weighted by Gasteiger charge is 2.37. The summed E-state index contributed by atoms with van der Waals surface area (Å²) in [5.74, 6) is 0.616. The number of para-hydroxylation sites is 1. The number of piperidine rings is 1. The first-order chi connectivity index (χ1) is 21.0. The molecular weight excluding hydrogens is 556 g/mol. The van der Waals surface area contributed by atoms with Crippen LogP contribution in [0.5, 0.6) is 5.75 Å². The smallest absolute Gasteiger partial charge is 0.337 e. The van der Waals surface area contributed by atoms with E-state index < -0.39 is 17.7 Å². The van der Waals surface area contributed by atoms with Gasteiger partial charge in [-0.05, 0) is 64.9 Å². The Morgan fingerprint density at radius 1 is 1.11 bits per heavy atom. The van der Waals surface area contributed by atoms with Gasteiger partial charge in [0.05, 0.1) is 36.2 Å². The molecule has 234 valence electrons. The third-order valence-corrected chi connectivity index (χ3v) is 8.95. The van der Waals surface area contributed by atoms with Gasteiger partial charge in [-0.1, -0.05) is 38.0 Å². The van der Waals surface area contributed by atoms with Gasteiger partial charge in [0.2, 0.25) is 0 Å². The summed E-state index contributed by atoms with van der Waals surface area (Å²) in [4.78, 5) is 19.9. The van der Waals surface area contributed by atoms with Gasteiger partial charge in [-0.2, -0.15) is 14.7 Å². The fraction of sp³-hybridized carbons (Fsp3) is 0.529. The number of anilines is 1. The van der Waals surface area contributed by atoms with Gasteiger partial charge in [-0.25, -0.2) is 9.78 Å². The van der Waals surface area contributed by atoms with Crippen LogP contribution < -0.4 is 9.64 Å². The van der Waals surface area contributed by atoms with E-state index in [1.807, 2.05) is 73.6 Å². The SMILES string of the molecule is Cc1nc2cc3nn2c(c1C(OC(C)(C)C)C(=O)O)N1CCC(C)(CCCCCOc2ccccc2Cn2cc-3cn2)CC1. The van der Waals surface area contributed by atoms with Gasteiger partial charge in [0.25, 0.3) is 0 Å². The van der Waals surface area contributed by atoms with Gasteiger partial charge in [0, 0.05) is 42.2 Å². The van der Waals surface area contributed by atoms with E-state index >= 15 is 0 Å². The summed E-state index contributed by atoms with van der Waals surface area (Å²) in [6, 6.07) is 10.1. The minimum Gasteiger partial charge on any atom is -0.493 e. The van der Waals surface area contributed by atoms with Crippen molar-refractivity contribution in [2.24, 2.45) is 5.41 Å². The zero-order valence-corrected chi connectivity index (χ0v) is 26.5. The number of carboxylic acid groups (broad SMARTS) is 1. The average Bonchev–Trinajstić information content (AvgIpc) is 3.60. The number of ether oxygens (including phenoxy) is 2. The number of hydrogen-bond acceptors (Lipinski definition) is 7. The van der Waals surface area contributed by atoms with Crippen LogP contribution in [0.25, 0.3) is 16.9 Å². The summed E-state index contributed by atoms with van der Waals surface area (Å²) in [5, 5.41) is 20.1. The quantitative estimate of drug-likeness (QED) is 0.286. The van der Waals surface area contributed by atoms with E-state index in [1.165, 1.54) is 0 Å².